The minimum absolute atomic E-state index is 0.392. The van der Waals surface area contributed by atoms with Gasteiger partial charge in [-0.05, 0) is 17.9 Å². The number of nitrogens with two attached hydrogens (primary N) is 1. The van der Waals surface area contributed by atoms with Crippen molar-refractivity contribution in [1.82, 2.24) is 9.24 Å². The van der Waals surface area contributed by atoms with Crippen LogP contribution in [0.15, 0.2) is 48.8 Å². The predicted molar refractivity (Wildman–Crippen MR) is 110 cm³/mol. The van der Waals surface area contributed by atoms with E-state index in [4.69, 9.17) is 30.3 Å². The first-order chi connectivity index (χ1) is 12.4. The lowest BCUT2D eigenvalue weighted by Crippen LogP contribution is -2.11. The van der Waals surface area contributed by atoms with Crippen LogP contribution in [0, 0.1) is 22.0 Å². The molecule has 0 unspecified atom stereocenters. The van der Waals surface area contributed by atoms with Crippen molar-refractivity contribution >= 4 is 46.0 Å². The lowest BCUT2D eigenvalue weighted by Gasteiger charge is -2.15. The van der Waals surface area contributed by atoms with Crippen LogP contribution in [0.3, 0.4) is 0 Å². The normalized spacial score (nSPS) is 11.3. The first-order valence-corrected chi connectivity index (χ1v) is 8.89. The molecule has 2 aromatic heterocycles. The van der Waals surface area contributed by atoms with E-state index in [2.05, 4.69) is 6.07 Å². The van der Waals surface area contributed by atoms with Crippen molar-refractivity contribution in [2.45, 2.75) is 6.92 Å². The Morgan fingerprint density at radius 2 is 1.69 bits per heavy atom. The standard InChI is InChI=1S/C20H16FN3S2/c1-11-6-7-13-15(8-11)16(9-23(2)19(13)25)12-4-3-5-14-17(21)10-24(22)20(26)18(12)14/h3-10H,22H2,1-2H3. The molecule has 2 N–H and O–H groups in total. The average molecular weight is 382 g/mol. The fraction of sp³-hybridized carbons (Fsp3) is 0.100. The Bertz CT molecular complexity index is 1320. The van der Waals surface area contributed by atoms with Crippen LogP contribution in [-0.2, 0) is 7.05 Å². The first kappa shape index (κ1) is 16.9. The molecule has 0 aliphatic heterocycles. The Hall–Kier alpha value is -2.57. The quantitative estimate of drug-likeness (QED) is 0.353. The van der Waals surface area contributed by atoms with Crippen molar-refractivity contribution < 1.29 is 4.39 Å². The van der Waals surface area contributed by atoms with E-state index < -0.39 is 5.82 Å². The molecule has 0 aliphatic carbocycles. The topological polar surface area (TPSA) is 35.9 Å². The summed E-state index contributed by atoms with van der Waals surface area (Å²) < 4.78 is 18.7. The Balaban J connectivity index is 2.26. The SMILES string of the molecule is Cc1ccc2c(=S)n(C)cc(-c3cccc4c(F)cn(N)c(=S)c34)c2c1. The monoisotopic (exact) mass is 381 g/mol. The Morgan fingerprint density at radius 3 is 2.46 bits per heavy atom. The van der Waals surface area contributed by atoms with Crippen LogP contribution in [0.25, 0.3) is 32.7 Å². The second-order valence-corrected chi connectivity index (χ2v) is 7.20. The van der Waals surface area contributed by atoms with Gasteiger partial charge in [-0.25, -0.2) is 4.39 Å². The van der Waals surface area contributed by atoms with Crippen LogP contribution in [0.1, 0.15) is 5.56 Å². The second-order valence-electron chi connectivity index (χ2n) is 6.43. The summed E-state index contributed by atoms with van der Waals surface area (Å²) in [6.07, 6.45) is 3.18. The van der Waals surface area contributed by atoms with Gasteiger partial charge in [0.25, 0.3) is 0 Å². The Morgan fingerprint density at radius 1 is 0.923 bits per heavy atom. The molecule has 0 fully saturated rings. The van der Waals surface area contributed by atoms with Crippen LogP contribution >= 0.6 is 24.4 Å². The molecule has 130 valence electrons. The van der Waals surface area contributed by atoms with Crippen LogP contribution in [0.5, 0.6) is 0 Å². The summed E-state index contributed by atoms with van der Waals surface area (Å²) in [6, 6.07) is 11.7. The van der Waals surface area contributed by atoms with E-state index in [-0.39, 0.29) is 0 Å². The molecule has 0 saturated carbocycles. The van der Waals surface area contributed by atoms with Crippen molar-refractivity contribution in [3.8, 4) is 11.1 Å². The maximum atomic E-state index is 14.5. The van der Waals surface area contributed by atoms with E-state index in [0.717, 1.165) is 36.8 Å². The molecule has 0 radical (unpaired) electrons. The van der Waals surface area contributed by atoms with Crippen molar-refractivity contribution in [3.63, 3.8) is 0 Å². The molecular formula is C20H16FN3S2. The highest BCUT2D eigenvalue weighted by molar-refractivity contribution is 7.71. The van der Waals surface area contributed by atoms with Gasteiger partial charge in [0, 0.05) is 35.0 Å². The van der Waals surface area contributed by atoms with Crippen molar-refractivity contribution in [2.24, 2.45) is 7.05 Å². The molecule has 3 nitrogen and oxygen atoms in total. The van der Waals surface area contributed by atoms with Crippen LogP contribution in [0.2, 0.25) is 0 Å². The number of aryl methyl sites for hydroxylation is 2. The van der Waals surface area contributed by atoms with Gasteiger partial charge in [-0.2, -0.15) is 0 Å². The summed E-state index contributed by atoms with van der Waals surface area (Å²) in [7, 11) is 1.91. The summed E-state index contributed by atoms with van der Waals surface area (Å²) in [6.45, 7) is 2.04. The number of rotatable bonds is 1. The largest absolute Gasteiger partial charge is 0.341 e. The van der Waals surface area contributed by atoms with E-state index in [1.54, 1.807) is 6.07 Å². The van der Waals surface area contributed by atoms with Gasteiger partial charge in [0.1, 0.15) is 15.1 Å². The summed E-state index contributed by atoms with van der Waals surface area (Å²) in [5, 5.41) is 3.08. The molecule has 0 bridgehead atoms. The highest BCUT2D eigenvalue weighted by Gasteiger charge is 2.14. The maximum absolute atomic E-state index is 14.5. The van der Waals surface area contributed by atoms with E-state index in [1.807, 2.05) is 49.0 Å². The van der Waals surface area contributed by atoms with Crippen molar-refractivity contribution in [2.75, 3.05) is 5.84 Å². The van der Waals surface area contributed by atoms with Crippen molar-refractivity contribution in [3.05, 3.63) is 69.5 Å². The zero-order chi connectivity index (χ0) is 18.6. The number of hydrogen-bond acceptors (Lipinski definition) is 3. The number of nitrogens with zero attached hydrogens (tertiary/aromatic N) is 2. The van der Waals surface area contributed by atoms with Gasteiger partial charge >= 0.3 is 0 Å². The lowest BCUT2D eigenvalue weighted by molar-refractivity contribution is 0.625. The van der Waals surface area contributed by atoms with E-state index in [0.29, 0.717) is 15.4 Å². The summed E-state index contributed by atoms with van der Waals surface area (Å²) >= 11 is 11.1. The number of halogens is 1. The van der Waals surface area contributed by atoms with Gasteiger partial charge in [-0.15, -0.1) is 0 Å². The van der Waals surface area contributed by atoms with E-state index in [1.165, 1.54) is 6.20 Å². The first-order valence-electron chi connectivity index (χ1n) is 8.08. The van der Waals surface area contributed by atoms with Gasteiger partial charge in [0.05, 0.1) is 6.20 Å². The Labute approximate surface area is 160 Å². The van der Waals surface area contributed by atoms with E-state index >= 15 is 0 Å². The zero-order valence-electron chi connectivity index (χ0n) is 14.3. The zero-order valence-corrected chi connectivity index (χ0v) is 15.9. The minimum Gasteiger partial charge on any atom is -0.341 e. The number of pyridine rings is 2. The minimum atomic E-state index is -0.400. The molecule has 0 atom stereocenters. The Kier molecular flexibility index (Phi) is 3.89. The number of aromatic nitrogens is 2. The smallest absolute Gasteiger partial charge is 0.149 e. The molecular weight excluding hydrogens is 365 g/mol. The van der Waals surface area contributed by atoms with E-state index in [9.17, 15) is 4.39 Å². The third-order valence-corrected chi connectivity index (χ3v) is 5.57. The molecule has 0 aliphatic rings. The van der Waals surface area contributed by atoms with Gasteiger partial charge in [0.15, 0.2) is 0 Å². The average Bonchev–Trinajstić information content (AvgIpc) is 2.62. The molecule has 0 spiro atoms. The maximum Gasteiger partial charge on any atom is 0.149 e. The second kappa shape index (κ2) is 6.00. The number of benzene rings is 2. The highest BCUT2D eigenvalue weighted by atomic mass is 32.1. The molecule has 4 rings (SSSR count). The number of nitrogen functional groups attached to an aromatic ring is 1. The third-order valence-electron chi connectivity index (χ3n) is 4.65. The summed E-state index contributed by atoms with van der Waals surface area (Å²) in [4.78, 5) is 0. The van der Waals surface area contributed by atoms with Gasteiger partial charge < -0.3 is 10.4 Å². The molecule has 2 heterocycles. The lowest BCUT2D eigenvalue weighted by atomic mass is 9.95. The molecule has 0 saturated heterocycles. The van der Waals surface area contributed by atoms with Gasteiger partial charge in [0.2, 0.25) is 0 Å². The predicted octanol–water partition coefficient (Wildman–Crippen LogP) is 5.42. The molecule has 4 aromatic rings. The molecule has 2 aromatic carbocycles. The molecule has 26 heavy (non-hydrogen) atoms. The third kappa shape index (κ3) is 2.45. The van der Waals surface area contributed by atoms with Gasteiger partial charge in [-0.3, -0.25) is 4.68 Å². The van der Waals surface area contributed by atoms with Crippen molar-refractivity contribution in [1.29, 1.82) is 0 Å². The van der Waals surface area contributed by atoms with Crippen LogP contribution < -0.4 is 5.84 Å². The summed E-state index contributed by atoms with van der Waals surface area (Å²) in [5.41, 5.74) is 2.91. The fourth-order valence-electron chi connectivity index (χ4n) is 3.38. The van der Waals surface area contributed by atoms with Crippen LogP contribution in [-0.4, -0.2) is 9.24 Å². The molecule has 0 amide bonds. The van der Waals surface area contributed by atoms with Gasteiger partial charge in [-0.1, -0.05) is 66.4 Å². The summed E-state index contributed by atoms with van der Waals surface area (Å²) in [5.74, 6) is 5.47. The number of fused-ring (bicyclic) bond motifs is 2. The van der Waals surface area contributed by atoms with Crippen LogP contribution in [0.4, 0.5) is 4.39 Å². The molecule has 6 heteroatoms. The number of hydrogen-bond donors (Lipinski definition) is 1. The fourth-order valence-corrected chi connectivity index (χ4v) is 3.88. The highest BCUT2D eigenvalue weighted by Crippen LogP contribution is 2.35.